The minimum atomic E-state index is 0.670. The van der Waals surface area contributed by atoms with E-state index in [2.05, 4.69) is 36.4 Å². The molecule has 19 heavy (non-hydrogen) atoms. The molecule has 0 aliphatic heterocycles. The summed E-state index contributed by atoms with van der Waals surface area (Å²) in [6.45, 7) is 5.64. The van der Waals surface area contributed by atoms with E-state index in [9.17, 15) is 0 Å². The van der Waals surface area contributed by atoms with Crippen molar-refractivity contribution in [2.24, 2.45) is 11.8 Å². The standard InChI is InChI=1S/C16H23N3/c1-3-13-7-8-15(12(13)2)17-10-14-11-18-19-9-5-4-6-16(14)19/h4-6,9,11-13,15,17H,3,7-8,10H2,1-2H3. The van der Waals surface area contributed by atoms with Gasteiger partial charge in [0.2, 0.25) is 0 Å². The van der Waals surface area contributed by atoms with Crippen LogP contribution in [0.2, 0.25) is 0 Å². The van der Waals surface area contributed by atoms with Crippen molar-refractivity contribution in [2.45, 2.75) is 45.7 Å². The fraction of sp³-hybridized carbons (Fsp3) is 0.562. The number of nitrogens with zero attached hydrogens (tertiary/aromatic N) is 2. The molecule has 2 aromatic heterocycles. The number of hydrogen-bond acceptors (Lipinski definition) is 2. The first kappa shape index (κ1) is 12.7. The Hall–Kier alpha value is -1.35. The highest BCUT2D eigenvalue weighted by atomic mass is 15.2. The molecule has 0 saturated heterocycles. The molecule has 1 fully saturated rings. The van der Waals surface area contributed by atoms with Crippen molar-refractivity contribution in [1.82, 2.24) is 14.9 Å². The Morgan fingerprint density at radius 1 is 1.37 bits per heavy atom. The number of nitrogens with one attached hydrogen (secondary N) is 1. The summed E-state index contributed by atoms with van der Waals surface area (Å²) in [7, 11) is 0. The molecule has 3 nitrogen and oxygen atoms in total. The molecule has 0 bridgehead atoms. The minimum absolute atomic E-state index is 0.670. The topological polar surface area (TPSA) is 29.3 Å². The molecule has 0 amide bonds. The van der Waals surface area contributed by atoms with Crippen molar-refractivity contribution in [3.63, 3.8) is 0 Å². The molecule has 102 valence electrons. The summed E-state index contributed by atoms with van der Waals surface area (Å²) < 4.78 is 1.95. The first-order chi connectivity index (χ1) is 9.29. The van der Waals surface area contributed by atoms with Gasteiger partial charge in [0.25, 0.3) is 0 Å². The Morgan fingerprint density at radius 3 is 3.05 bits per heavy atom. The third-order valence-electron chi connectivity index (χ3n) is 4.81. The van der Waals surface area contributed by atoms with Crippen LogP contribution < -0.4 is 5.32 Å². The molecule has 1 aliphatic carbocycles. The van der Waals surface area contributed by atoms with Gasteiger partial charge in [0.15, 0.2) is 0 Å². The Morgan fingerprint density at radius 2 is 2.26 bits per heavy atom. The largest absolute Gasteiger partial charge is 0.310 e. The van der Waals surface area contributed by atoms with Gasteiger partial charge in [0, 0.05) is 24.3 Å². The van der Waals surface area contributed by atoms with Gasteiger partial charge in [0.1, 0.15) is 0 Å². The lowest BCUT2D eigenvalue weighted by molar-refractivity contribution is 0.344. The average molecular weight is 257 g/mol. The second kappa shape index (κ2) is 5.33. The molecule has 0 aromatic carbocycles. The fourth-order valence-corrected chi connectivity index (χ4v) is 3.48. The van der Waals surface area contributed by atoms with E-state index in [-0.39, 0.29) is 0 Å². The molecule has 1 aliphatic rings. The predicted molar refractivity (Wildman–Crippen MR) is 78.0 cm³/mol. The molecule has 1 saturated carbocycles. The van der Waals surface area contributed by atoms with E-state index in [1.165, 1.54) is 30.3 Å². The van der Waals surface area contributed by atoms with Crippen LogP contribution >= 0.6 is 0 Å². The van der Waals surface area contributed by atoms with Crippen molar-refractivity contribution in [3.05, 3.63) is 36.2 Å². The summed E-state index contributed by atoms with van der Waals surface area (Å²) in [6, 6.07) is 6.90. The van der Waals surface area contributed by atoms with Crippen LogP contribution in [0.3, 0.4) is 0 Å². The van der Waals surface area contributed by atoms with Crippen LogP contribution in [-0.2, 0) is 6.54 Å². The molecule has 2 aromatic rings. The SMILES string of the molecule is CCC1CCC(NCc2cnn3ccccc23)C1C. The molecule has 1 N–H and O–H groups in total. The van der Waals surface area contributed by atoms with Gasteiger partial charge in [-0.2, -0.15) is 5.10 Å². The highest BCUT2D eigenvalue weighted by Crippen LogP contribution is 2.34. The Labute approximate surface area is 115 Å². The van der Waals surface area contributed by atoms with E-state index in [1.54, 1.807) is 0 Å². The molecule has 3 atom stereocenters. The third kappa shape index (κ3) is 2.39. The van der Waals surface area contributed by atoms with E-state index in [4.69, 9.17) is 0 Å². The van der Waals surface area contributed by atoms with E-state index in [0.717, 1.165) is 18.4 Å². The van der Waals surface area contributed by atoms with Crippen LogP contribution in [0.1, 0.15) is 38.7 Å². The molecule has 3 rings (SSSR count). The lowest BCUT2D eigenvalue weighted by atomic mass is 9.93. The van der Waals surface area contributed by atoms with E-state index >= 15 is 0 Å². The van der Waals surface area contributed by atoms with Gasteiger partial charge in [-0.15, -0.1) is 0 Å². The highest BCUT2D eigenvalue weighted by molar-refractivity contribution is 5.53. The number of aromatic nitrogens is 2. The Kier molecular flexibility index (Phi) is 3.56. The van der Waals surface area contributed by atoms with Crippen molar-refractivity contribution >= 4 is 5.52 Å². The van der Waals surface area contributed by atoms with E-state index < -0.39 is 0 Å². The van der Waals surface area contributed by atoms with Crippen LogP contribution in [-0.4, -0.2) is 15.7 Å². The summed E-state index contributed by atoms with van der Waals surface area (Å²) >= 11 is 0. The normalized spacial score (nSPS) is 27.2. The summed E-state index contributed by atoms with van der Waals surface area (Å²) in [5.74, 6) is 1.70. The first-order valence-electron chi connectivity index (χ1n) is 7.44. The quantitative estimate of drug-likeness (QED) is 0.911. The molecular formula is C16H23N3. The van der Waals surface area contributed by atoms with Crippen molar-refractivity contribution < 1.29 is 0 Å². The molecule has 2 heterocycles. The van der Waals surface area contributed by atoms with Gasteiger partial charge in [-0.3, -0.25) is 0 Å². The molecule has 3 unspecified atom stereocenters. The summed E-state index contributed by atoms with van der Waals surface area (Å²) in [4.78, 5) is 0. The van der Waals surface area contributed by atoms with Gasteiger partial charge < -0.3 is 5.32 Å². The van der Waals surface area contributed by atoms with Crippen LogP contribution in [0.25, 0.3) is 5.52 Å². The Balaban J connectivity index is 1.67. The number of pyridine rings is 1. The zero-order chi connectivity index (χ0) is 13.2. The predicted octanol–water partition coefficient (Wildman–Crippen LogP) is 3.25. The molecule has 3 heteroatoms. The maximum atomic E-state index is 4.39. The van der Waals surface area contributed by atoms with E-state index in [0.29, 0.717) is 6.04 Å². The maximum Gasteiger partial charge on any atom is 0.0706 e. The second-order valence-corrected chi connectivity index (χ2v) is 5.79. The van der Waals surface area contributed by atoms with Gasteiger partial charge in [-0.1, -0.05) is 26.3 Å². The maximum absolute atomic E-state index is 4.39. The average Bonchev–Trinajstić information content (AvgIpc) is 3.00. The van der Waals surface area contributed by atoms with Gasteiger partial charge in [0.05, 0.1) is 11.7 Å². The summed E-state index contributed by atoms with van der Waals surface area (Å²) in [5.41, 5.74) is 2.51. The van der Waals surface area contributed by atoms with Crippen molar-refractivity contribution in [3.8, 4) is 0 Å². The first-order valence-corrected chi connectivity index (χ1v) is 7.44. The lowest BCUT2D eigenvalue weighted by Crippen LogP contribution is -2.32. The van der Waals surface area contributed by atoms with Gasteiger partial charge >= 0.3 is 0 Å². The zero-order valence-corrected chi connectivity index (χ0v) is 11.8. The van der Waals surface area contributed by atoms with Crippen LogP contribution in [0.5, 0.6) is 0 Å². The monoisotopic (exact) mass is 257 g/mol. The van der Waals surface area contributed by atoms with E-state index in [1.807, 2.05) is 23.0 Å². The van der Waals surface area contributed by atoms with Crippen LogP contribution in [0.4, 0.5) is 0 Å². The minimum Gasteiger partial charge on any atom is -0.310 e. The van der Waals surface area contributed by atoms with Crippen LogP contribution in [0, 0.1) is 11.8 Å². The zero-order valence-electron chi connectivity index (χ0n) is 11.8. The number of rotatable bonds is 4. The van der Waals surface area contributed by atoms with Crippen LogP contribution in [0.15, 0.2) is 30.6 Å². The smallest absolute Gasteiger partial charge is 0.0706 e. The lowest BCUT2D eigenvalue weighted by Gasteiger charge is -2.20. The molecule has 0 spiro atoms. The van der Waals surface area contributed by atoms with Gasteiger partial charge in [-0.05, 0) is 36.8 Å². The van der Waals surface area contributed by atoms with Gasteiger partial charge in [-0.25, -0.2) is 4.52 Å². The summed E-state index contributed by atoms with van der Waals surface area (Å²) in [5, 5.41) is 8.13. The molecular weight excluding hydrogens is 234 g/mol. The number of fused-ring (bicyclic) bond motifs is 1. The number of hydrogen-bond donors (Lipinski definition) is 1. The van der Waals surface area contributed by atoms with Crippen molar-refractivity contribution in [2.75, 3.05) is 0 Å². The highest BCUT2D eigenvalue weighted by Gasteiger charge is 2.30. The second-order valence-electron chi connectivity index (χ2n) is 5.79. The third-order valence-corrected chi connectivity index (χ3v) is 4.81. The summed E-state index contributed by atoms with van der Waals surface area (Å²) in [6.07, 6.45) is 8.00. The Bertz CT molecular complexity index is 546. The molecule has 0 radical (unpaired) electrons. The van der Waals surface area contributed by atoms with Crippen molar-refractivity contribution in [1.29, 1.82) is 0 Å². The fourth-order valence-electron chi connectivity index (χ4n) is 3.48.